The minimum atomic E-state index is -0.419. The predicted molar refractivity (Wildman–Crippen MR) is 92.6 cm³/mol. The van der Waals surface area contributed by atoms with E-state index in [1.54, 1.807) is 11.5 Å². The molecule has 1 saturated carbocycles. The van der Waals surface area contributed by atoms with Crippen molar-refractivity contribution in [1.29, 1.82) is 0 Å². The summed E-state index contributed by atoms with van der Waals surface area (Å²) < 4.78 is 1.80. The largest absolute Gasteiger partial charge is 0.369 e. The Hall–Kier alpha value is -1.82. The molecule has 1 aromatic carbocycles. The lowest BCUT2D eigenvalue weighted by Gasteiger charge is -2.26. The maximum Gasteiger partial charge on any atom is 0.262 e. The summed E-state index contributed by atoms with van der Waals surface area (Å²) in [6.07, 6.45) is 5.43. The van der Waals surface area contributed by atoms with Gasteiger partial charge in [-0.3, -0.25) is 14.2 Å². The van der Waals surface area contributed by atoms with Crippen molar-refractivity contribution in [2.45, 2.75) is 55.5 Å². The Morgan fingerprint density at radius 3 is 2.70 bits per heavy atom. The molecule has 1 unspecified atom stereocenters. The van der Waals surface area contributed by atoms with Gasteiger partial charge in [-0.25, -0.2) is 4.98 Å². The minimum Gasteiger partial charge on any atom is -0.369 e. The van der Waals surface area contributed by atoms with Crippen LogP contribution in [0.2, 0.25) is 0 Å². The van der Waals surface area contributed by atoms with Crippen molar-refractivity contribution in [3.63, 3.8) is 0 Å². The van der Waals surface area contributed by atoms with Crippen molar-refractivity contribution < 1.29 is 4.79 Å². The molecule has 1 fully saturated rings. The molecule has 0 radical (unpaired) electrons. The average Bonchev–Trinajstić information content (AvgIpc) is 2.56. The summed E-state index contributed by atoms with van der Waals surface area (Å²) in [5.74, 6) is -0.396. The van der Waals surface area contributed by atoms with E-state index in [0.29, 0.717) is 16.1 Å². The van der Waals surface area contributed by atoms with Crippen LogP contribution in [0.25, 0.3) is 10.9 Å². The van der Waals surface area contributed by atoms with E-state index in [2.05, 4.69) is 4.98 Å². The van der Waals surface area contributed by atoms with Crippen molar-refractivity contribution in [1.82, 2.24) is 9.55 Å². The molecule has 1 aromatic heterocycles. The SMILES string of the molecule is CC(Sc1nc2ccccc2c(=O)n1C1CCCCC1)C(N)=O. The van der Waals surface area contributed by atoms with E-state index in [-0.39, 0.29) is 11.6 Å². The Balaban J connectivity index is 2.14. The smallest absolute Gasteiger partial charge is 0.262 e. The van der Waals surface area contributed by atoms with Crippen molar-refractivity contribution in [2.75, 3.05) is 0 Å². The number of para-hydroxylation sites is 1. The Bertz CT molecular complexity index is 781. The summed E-state index contributed by atoms with van der Waals surface area (Å²) in [4.78, 5) is 29.1. The molecule has 2 aromatic rings. The number of carbonyl (C=O) groups excluding carboxylic acids is 1. The second-order valence-electron chi connectivity index (χ2n) is 6.04. The summed E-state index contributed by atoms with van der Waals surface area (Å²) >= 11 is 1.28. The van der Waals surface area contributed by atoms with Gasteiger partial charge in [0.1, 0.15) is 0 Å². The van der Waals surface area contributed by atoms with E-state index in [1.807, 2.05) is 24.3 Å². The van der Waals surface area contributed by atoms with Gasteiger partial charge in [-0.2, -0.15) is 0 Å². The van der Waals surface area contributed by atoms with Gasteiger partial charge >= 0.3 is 0 Å². The fraction of sp³-hybridized carbons (Fsp3) is 0.471. The van der Waals surface area contributed by atoms with E-state index in [0.717, 1.165) is 25.7 Å². The Labute approximate surface area is 139 Å². The second kappa shape index (κ2) is 6.74. The molecule has 2 N–H and O–H groups in total. The van der Waals surface area contributed by atoms with Crippen molar-refractivity contribution >= 4 is 28.6 Å². The summed E-state index contributed by atoms with van der Waals surface area (Å²) in [6.45, 7) is 1.75. The highest BCUT2D eigenvalue weighted by molar-refractivity contribution is 8.00. The standard InChI is InChI=1S/C17H21N3O2S/c1-11(15(18)21)23-17-19-14-10-6-5-9-13(14)16(22)20(17)12-7-3-2-4-8-12/h5-6,9-12H,2-4,7-8H2,1H3,(H2,18,21). The Kier molecular flexibility index (Phi) is 4.71. The van der Waals surface area contributed by atoms with Crippen LogP contribution in [0.15, 0.2) is 34.2 Å². The highest BCUT2D eigenvalue weighted by atomic mass is 32.2. The highest BCUT2D eigenvalue weighted by Crippen LogP contribution is 2.32. The van der Waals surface area contributed by atoms with Gasteiger partial charge in [-0.05, 0) is 31.9 Å². The number of nitrogens with zero attached hydrogens (tertiary/aromatic N) is 2. The van der Waals surface area contributed by atoms with E-state index < -0.39 is 11.2 Å². The normalized spacial score (nSPS) is 17.3. The predicted octanol–water partition coefficient (Wildman–Crippen LogP) is 2.87. The van der Waals surface area contributed by atoms with Gasteiger partial charge in [-0.15, -0.1) is 0 Å². The van der Waals surface area contributed by atoms with Crippen LogP contribution in [0.1, 0.15) is 45.1 Å². The van der Waals surface area contributed by atoms with Crippen LogP contribution in [-0.4, -0.2) is 20.7 Å². The summed E-state index contributed by atoms with van der Waals surface area (Å²) in [5, 5.41) is 0.818. The molecular formula is C17H21N3O2S. The number of thioether (sulfide) groups is 1. The lowest BCUT2D eigenvalue weighted by Crippen LogP contribution is -2.30. The molecule has 1 amide bonds. The molecule has 6 heteroatoms. The van der Waals surface area contributed by atoms with Gasteiger partial charge in [0.25, 0.3) is 5.56 Å². The molecule has 1 atom stereocenters. The molecule has 1 aliphatic carbocycles. The number of nitrogens with two attached hydrogens (primary N) is 1. The van der Waals surface area contributed by atoms with Gasteiger partial charge < -0.3 is 5.73 Å². The fourth-order valence-electron chi connectivity index (χ4n) is 3.09. The third kappa shape index (κ3) is 3.27. The number of benzene rings is 1. The fourth-order valence-corrected chi connectivity index (χ4v) is 4.02. The van der Waals surface area contributed by atoms with Crippen LogP contribution < -0.4 is 11.3 Å². The molecule has 0 bridgehead atoms. The summed E-state index contributed by atoms with van der Waals surface area (Å²) in [5.41, 5.74) is 6.05. The van der Waals surface area contributed by atoms with E-state index in [9.17, 15) is 9.59 Å². The molecule has 23 heavy (non-hydrogen) atoms. The number of hydrogen-bond acceptors (Lipinski definition) is 4. The molecule has 0 saturated heterocycles. The van der Waals surface area contributed by atoms with Crippen LogP contribution in [0.5, 0.6) is 0 Å². The monoisotopic (exact) mass is 331 g/mol. The zero-order valence-corrected chi connectivity index (χ0v) is 14.0. The molecule has 3 rings (SSSR count). The van der Waals surface area contributed by atoms with Gasteiger partial charge in [0.2, 0.25) is 5.91 Å². The lowest BCUT2D eigenvalue weighted by atomic mass is 9.95. The topological polar surface area (TPSA) is 78.0 Å². The van der Waals surface area contributed by atoms with Crippen LogP contribution in [0, 0.1) is 0 Å². The average molecular weight is 331 g/mol. The Morgan fingerprint density at radius 1 is 1.30 bits per heavy atom. The number of carbonyl (C=O) groups is 1. The maximum atomic E-state index is 13.0. The quantitative estimate of drug-likeness (QED) is 0.690. The zero-order chi connectivity index (χ0) is 16.4. The van der Waals surface area contributed by atoms with E-state index in [1.165, 1.54) is 18.2 Å². The molecule has 1 aliphatic rings. The zero-order valence-electron chi connectivity index (χ0n) is 13.2. The Morgan fingerprint density at radius 2 is 2.00 bits per heavy atom. The first kappa shape index (κ1) is 16.1. The molecule has 0 spiro atoms. The number of fused-ring (bicyclic) bond motifs is 1. The first-order valence-electron chi connectivity index (χ1n) is 8.05. The van der Waals surface area contributed by atoms with Gasteiger partial charge in [0.05, 0.1) is 16.2 Å². The van der Waals surface area contributed by atoms with Gasteiger partial charge in [-0.1, -0.05) is 43.2 Å². The maximum absolute atomic E-state index is 13.0. The molecule has 5 nitrogen and oxygen atoms in total. The van der Waals surface area contributed by atoms with Crippen LogP contribution in [-0.2, 0) is 4.79 Å². The molecule has 1 heterocycles. The lowest BCUT2D eigenvalue weighted by molar-refractivity contribution is -0.117. The second-order valence-corrected chi connectivity index (χ2v) is 7.35. The van der Waals surface area contributed by atoms with Crippen molar-refractivity contribution in [2.24, 2.45) is 5.73 Å². The van der Waals surface area contributed by atoms with Gasteiger partial charge in [0.15, 0.2) is 5.16 Å². The van der Waals surface area contributed by atoms with Crippen LogP contribution in [0.4, 0.5) is 0 Å². The number of aromatic nitrogens is 2. The number of primary amides is 1. The van der Waals surface area contributed by atoms with Crippen LogP contribution >= 0.6 is 11.8 Å². The first-order chi connectivity index (χ1) is 11.1. The van der Waals surface area contributed by atoms with Gasteiger partial charge in [0, 0.05) is 6.04 Å². The number of amides is 1. The summed E-state index contributed by atoms with van der Waals surface area (Å²) in [6, 6.07) is 7.54. The van der Waals surface area contributed by atoms with E-state index in [4.69, 9.17) is 5.73 Å². The number of hydrogen-bond donors (Lipinski definition) is 1. The third-order valence-corrected chi connectivity index (χ3v) is 5.48. The first-order valence-corrected chi connectivity index (χ1v) is 8.93. The van der Waals surface area contributed by atoms with E-state index >= 15 is 0 Å². The highest BCUT2D eigenvalue weighted by Gasteiger charge is 2.23. The van der Waals surface area contributed by atoms with Crippen molar-refractivity contribution in [3.8, 4) is 0 Å². The number of rotatable bonds is 4. The third-order valence-electron chi connectivity index (χ3n) is 4.40. The van der Waals surface area contributed by atoms with Crippen LogP contribution in [0.3, 0.4) is 0 Å². The van der Waals surface area contributed by atoms with Crippen molar-refractivity contribution in [3.05, 3.63) is 34.6 Å². The molecule has 122 valence electrons. The minimum absolute atomic E-state index is 0.0123. The molecular weight excluding hydrogens is 310 g/mol. The molecule has 0 aliphatic heterocycles. The summed E-state index contributed by atoms with van der Waals surface area (Å²) in [7, 11) is 0.